The van der Waals surface area contributed by atoms with Gasteiger partial charge in [0.1, 0.15) is 0 Å². The van der Waals surface area contributed by atoms with Crippen LogP contribution in [-0.4, -0.2) is 38.2 Å². The predicted octanol–water partition coefficient (Wildman–Crippen LogP) is 3.00. The van der Waals surface area contributed by atoms with Crippen LogP contribution in [0.5, 0.6) is 11.5 Å². The normalized spacial score (nSPS) is 11.3. The van der Waals surface area contributed by atoms with E-state index < -0.39 is 25.6 Å². The van der Waals surface area contributed by atoms with Crippen LogP contribution in [0.1, 0.15) is 25.3 Å². The van der Waals surface area contributed by atoms with E-state index in [0.29, 0.717) is 6.42 Å². The number of hydrogen-bond donors (Lipinski definition) is 1. The molecule has 0 amide bonds. The molecule has 12 nitrogen and oxygen atoms in total. The molecule has 2 aromatic carbocycles. The van der Waals surface area contributed by atoms with Crippen molar-refractivity contribution in [2.24, 2.45) is 5.10 Å². The van der Waals surface area contributed by atoms with Crippen molar-refractivity contribution >= 4 is 27.6 Å². The van der Waals surface area contributed by atoms with Crippen LogP contribution in [-0.2, 0) is 10.0 Å². The molecule has 0 heterocycles. The van der Waals surface area contributed by atoms with Gasteiger partial charge in [-0.2, -0.15) is 13.5 Å². The van der Waals surface area contributed by atoms with Gasteiger partial charge in [0.25, 0.3) is 15.7 Å². The molecule has 13 heteroatoms. The molecule has 1 N–H and O–H groups in total. The zero-order chi connectivity index (χ0) is 23.0. The molecule has 0 fully saturated rings. The third kappa shape index (κ3) is 6.12. The molecule has 31 heavy (non-hydrogen) atoms. The van der Waals surface area contributed by atoms with Gasteiger partial charge in [-0.25, -0.2) is 4.83 Å². The number of nitro groups is 2. The monoisotopic (exact) mass is 452 g/mol. The van der Waals surface area contributed by atoms with Crippen molar-refractivity contribution < 1.29 is 27.7 Å². The van der Waals surface area contributed by atoms with Gasteiger partial charge in [-0.1, -0.05) is 19.4 Å². The Kier molecular flexibility index (Phi) is 7.85. The number of methoxy groups -OCH3 is 1. The molecule has 0 bridgehead atoms. The topological polar surface area (TPSA) is 163 Å². The quantitative estimate of drug-likeness (QED) is 0.235. The molecule has 0 atom stereocenters. The van der Waals surface area contributed by atoms with Crippen molar-refractivity contribution in [1.82, 2.24) is 4.83 Å². The zero-order valence-corrected chi connectivity index (χ0v) is 17.5. The largest absolute Gasteiger partial charge is 0.493 e. The van der Waals surface area contributed by atoms with Crippen LogP contribution < -0.4 is 14.3 Å². The summed E-state index contributed by atoms with van der Waals surface area (Å²) in [6.45, 7) is 2.22. The smallest absolute Gasteiger partial charge is 0.315 e. The van der Waals surface area contributed by atoms with E-state index in [1.165, 1.54) is 25.3 Å². The van der Waals surface area contributed by atoms with Crippen LogP contribution >= 0.6 is 0 Å². The standard InChI is InChI=1S/C18H20N4O8S/c1-3-4-8-30-18-16(22(25)26)9-13(10-17(18)29-2)12-19-20-31(27,28)15-7-5-6-14(11-15)21(23)24/h5-7,9-12,20H,3-4,8H2,1-2H3/b19-12+. The van der Waals surface area contributed by atoms with Crippen molar-refractivity contribution in [3.63, 3.8) is 0 Å². The van der Waals surface area contributed by atoms with Crippen molar-refractivity contribution in [3.8, 4) is 11.5 Å². The van der Waals surface area contributed by atoms with Crippen molar-refractivity contribution in [3.05, 3.63) is 62.2 Å². The Labute approximate surface area is 177 Å². The maximum absolute atomic E-state index is 12.3. The van der Waals surface area contributed by atoms with Gasteiger partial charge < -0.3 is 9.47 Å². The second-order valence-corrected chi connectivity index (χ2v) is 7.80. The number of unbranched alkanes of at least 4 members (excludes halogenated alkanes) is 1. The van der Waals surface area contributed by atoms with Gasteiger partial charge >= 0.3 is 5.69 Å². The molecule has 0 unspecified atom stereocenters. The molecule has 2 aromatic rings. The summed E-state index contributed by atoms with van der Waals surface area (Å²) in [5.41, 5.74) is -0.586. The van der Waals surface area contributed by atoms with E-state index in [4.69, 9.17) is 9.47 Å². The fourth-order valence-corrected chi connectivity index (χ4v) is 3.25. The van der Waals surface area contributed by atoms with E-state index in [0.717, 1.165) is 30.8 Å². The van der Waals surface area contributed by atoms with Crippen LogP contribution in [0.2, 0.25) is 0 Å². The van der Waals surface area contributed by atoms with E-state index in [1.807, 2.05) is 11.8 Å². The van der Waals surface area contributed by atoms with Crippen molar-refractivity contribution in [2.75, 3.05) is 13.7 Å². The average molecular weight is 452 g/mol. The third-order valence-corrected chi connectivity index (χ3v) is 5.16. The SMILES string of the molecule is CCCCOc1c(OC)cc(/C=N/NS(=O)(=O)c2cccc([N+](=O)[O-])c2)cc1[N+](=O)[O-]. The lowest BCUT2D eigenvalue weighted by Gasteiger charge is -2.11. The summed E-state index contributed by atoms with van der Waals surface area (Å²) in [5.74, 6) is 0.0589. The maximum atomic E-state index is 12.3. The number of hydrazone groups is 1. The number of nitrogens with one attached hydrogen (secondary N) is 1. The van der Waals surface area contributed by atoms with Gasteiger partial charge in [0.15, 0.2) is 5.75 Å². The summed E-state index contributed by atoms with van der Waals surface area (Å²) in [7, 11) is -2.88. The van der Waals surface area contributed by atoms with Gasteiger partial charge in [0, 0.05) is 23.8 Å². The highest BCUT2D eigenvalue weighted by Gasteiger charge is 2.22. The number of rotatable bonds is 11. The summed E-state index contributed by atoms with van der Waals surface area (Å²) in [5, 5.41) is 25.9. The maximum Gasteiger partial charge on any atom is 0.315 e. The molecule has 0 spiro atoms. The number of benzene rings is 2. The molecule has 0 aliphatic carbocycles. The molecular weight excluding hydrogens is 432 g/mol. The zero-order valence-electron chi connectivity index (χ0n) is 16.7. The summed E-state index contributed by atoms with van der Waals surface area (Å²) in [6.07, 6.45) is 2.58. The Bertz CT molecular complexity index is 1100. The summed E-state index contributed by atoms with van der Waals surface area (Å²) in [6, 6.07) is 6.99. The number of nitrogens with zero attached hydrogens (tertiary/aromatic N) is 3. The Morgan fingerprint density at radius 3 is 2.52 bits per heavy atom. The molecule has 0 aliphatic heterocycles. The molecule has 0 aromatic heterocycles. The van der Waals surface area contributed by atoms with Crippen LogP contribution in [0.25, 0.3) is 0 Å². The Morgan fingerprint density at radius 1 is 1.16 bits per heavy atom. The number of ether oxygens (including phenoxy) is 2. The Balaban J connectivity index is 2.29. The minimum atomic E-state index is -4.19. The Morgan fingerprint density at radius 2 is 1.90 bits per heavy atom. The van der Waals surface area contributed by atoms with E-state index in [9.17, 15) is 28.6 Å². The number of hydrogen-bond acceptors (Lipinski definition) is 9. The van der Waals surface area contributed by atoms with Crippen LogP contribution in [0.4, 0.5) is 11.4 Å². The summed E-state index contributed by atoms with van der Waals surface area (Å²) in [4.78, 5) is 22.4. The predicted molar refractivity (Wildman–Crippen MR) is 111 cm³/mol. The van der Waals surface area contributed by atoms with E-state index in [2.05, 4.69) is 5.10 Å². The first kappa shape index (κ1) is 23.5. The van der Waals surface area contributed by atoms with Gasteiger partial charge in [0.05, 0.1) is 34.7 Å². The number of sulfonamides is 1. The minimum absolute atomic E-state index is 0.0322. The fraction of sp³-hybridized carbons (Fsp3) is 0.278. The van der Waals surface area contributed by atoms with Crippen molar-refractivity contribution in [2.45, 2.75) is 24.7 Å². The van der Waals surface area contributed by atoms with Crippen LogP contribution in [0.15, 0.2) is 46.4 Å². The van der Waals surface area contributed by atoms with E-state index in [-0.39, 0.29) is 34.3 Å². The van der Waals surface area contributed by atoms with Crippen molar-refractivity contribution in [1.29, 1.82) is 0 Å². The molecule has 166 valence electrons. The molecule has 0 saturated heterocycles. The molecule has 0 saturated carbocycles. The number of nitro benzene ring substituents is 2. The average Bonchev–Trinajstić information content (AvgIpc) is 2.74. The Hall–Kier alpha value is -3.74. The highest BCUT2D eigenvalue weighted by molar-refractivity contribution is 7.89. The summed E-state index contributed by atoms with van der Waals surface area (Å²) >= 11 is 0. The lowest BCUT2D eigenvalue weighted by molar-refractivity contribution is -0.386. The highest BCUT2D eigenvalue weighted by Crippen LogP contribution is 2.38. The summed E-state index contributed by atoms with van der Waals surface area (Å²) < 4.78 is 35.2. The van der Waals surface area contributed by atoms with E-state index >= 15 is 0 Å². The molecular formula is C18H20N4O8S. The molecule has 0 radical (unpaired) electrons. The van der Waals surface area contributed by atoms with Gasteiger partial charge in [0.2, 0.25) is 5.75 Å². The lowest BCUT2D eigenvalue weighted by Crippen LogP contribution is -2.18. The minimum Gasteiger partial charge on any atom is -0.493 e. The second kappa shape index (κ2) is 10.3. The first-order valence-electron chi connectivity index (χ1n) is 8.98. The second-order valence-electron chi connectivity index (χ2n) is 6.14. The van der Waals surface area contributed by atoms with E-state index in [1.54, 1.807) is 0 Å². The first-order chi connectivity index (χ1) is 14.7. The highest BCUT2D eigenvalue weighted by atomic mass is 32.2. The van der Waals surface area contributed by atoms with Gasteiger partial charge in [-0.15, -0.1) is 0 Å². The molecule has 2 rings (SSSR count). The van der Waals surface area contributed by atoms with Gasteiger partial charge in [-0.05, 0) is 18.6 Å². The first-order valence-corrected chi connectivity index (χ1v) is 10.5. The number of non-ortho nitro benzene ring substituents is 1. The third-order valence-electron chi connectivity index (χ3n) is 3.94. The molecule has 0 aliphatic rings. The fourth-order valence-electron chi connectivity index (χ4n) is 2.42. The van der Waals surface area contributed by atoms with Crippen LogP contribution in [0.3, 0.4) is 0 Å². The van der Waals surface area contributed by atoms with Gasteiger partial charge in [-0.3, -0.25) is 20.2 Å². The van der Waals surface area contributed by atoms with Crippen LogP contribution in [0, 0.1) is 20.2 Å². The lowest BCUT2D eigenvalue weighted by atomic mass is 10.2.